The molecular weight excluding hydrogens is 230 g/mol. The van der Waals surface area contributed by atoms with Crippen LogP contribution in [0, 0.1) is 0 Å². The van der Waals surface area contributed by atoms with Gasteiger partial charge in [0, 0.05) is 0 Å². The molecule has 0 aromatic heterocycles. The van der Waals surface area contributed by atoms with Crippen LogP contribution in [0.5, 0.6) is 0 Å². The molecule has 0 saturated carbocycles. The van der Waals surface area contributed by atoms with Crippen LogP contribution in [0.1, 0.15) is 0 Å². The SMILES string of the molecule is [Cl][Ni].[Cl][Zn][Cl]. The Morgan fingerprint density at radius 1 is 1.20 bits per heavy atom. The van der Waals surface area contributed by atoms with Crippen LogP contribution in [0.4, 0.5) is 0 Å². The van der Waals surface area contributed by atoms with Crippen molar-refractivity contribution in [2.45, 2.75) is 0 Å². The summed E-state index contributed by atoms with van der Waals surface area (Å²) >= 11 is 2.42. The Kier molecular flexibility index (Phi) is 33.6. The van der Waals surface area contributed by atoms with Crippen molar-refractivity contribution < 1.29 is 29.7 Å². The summed E-state index contributed by atoms with van der Waals surface area (Å²) in [6.07, 6.45) is 0. The van der Waals surface area contributed by atoms with Crippen LogP contribution in [-0.2, 0) is 29.7 Å². The fourth-order valence-electron chi connectivity index (χ4n) is 0. The van der Waals surface area contributed by atoms with E-state index in [-0.39, 0.29) is 0 Å². The average Bonchev–Trinajstić information content (AvgIpc) is 1.46. The standard InChI is InChI=1S/3ClH.Ni.Zn/h3*1H;;/q;;;+1;+2/p-3. The van der Waals surface area contributed by atoms with Crippen molar-refractivity contribution in [3.63, 3.8) is 0 Å². The van der Waals surface area contributed by atoms with E-state index in [0.29, 0.717) is 0 Å². The van der Waals surface area contributed by atoms with Crippen molar-refractivity contribution in [3.8, 4) is 0 Å². The van der Waals surface area contributed by atoms with E-state index in [0.717, 1.165) is 0 Å². The first-order valence-corrected chi connectivity index (χ1v) is 9.81. The molecule has 0 aliphatic heterocycles. The second kappa shape index (κ2) is 16.7. The molecule has 0 heterocycles. The van der Waals surface area contributed by atoms with Gasteiger partial charge in [0.1, 0.15) is 0 Å². The quantitative estimate of drug-likeness (QED) is 0.559. The fraction of sp³-hybridized carbons (Fsp3) is 0. The van der Waals surface area contributed by atoms with Gasteiger partial charge in [0.05, 0.1) is 0 Å². The van der Waals surface area contributed by atoms with Crippen LogP contribution in [0.3, 0.4) is 0 Å². The van der Waals surface area contributed by atoms with E-state index >= 15 is 0 Å². The summed E-state index contributed by atoms with van der Waals surface area (Å²) in [7, 11) is 14.2. The van der Waals surface area contributed by atoms with Crippen LogP contribution in [0.25, 0.3) is 0 Å². The third-order valence-corrected chi connectivity index (χ3v) is 0. The zero-order chi connectivity index (χ0) is 4.71. The van der Waals surface area contributed by atoms with Gasteiger partial charge in [0.15, 0.2) is 0 Å². The van der Waals surface area contributed by atoms with Crippen LogP contribution in [0.2, 0.25) is 0 Å². The van der Waals surface area contributed by atoms with Crippen LogP contribution >= 0.6 is 29.6 Å². The molecule has 0 unspecified atom stereocenters. The van der Waals surface area contributed by atoms with E-state index in [1.165, 1.54) is 0 Å². The molecule has 5 heteroatoms. The molecule has 5 heavy (non-hydrogen) atoms. The van der Waals surface area contributed by atoms with Crippen molar-refractivity contribution >= 4 is 29.6 Å². The summed E-state index contributed by atoms with van der Waals surface area (Å²) in [5.74, 6) is 0. The molecular formula is Cl3NiZn. The Morgan fingerprint density at radius 3 is 1.20 bits per heavy atom. The van der Waals surface area contributed by atoms with Gasteiger partial charge in [-0.25, -0.2) is 0 Å². The summed E-state index contributed by atoms with van der Waals surface area (Å²) < 4.78 is 0. The zero-order valence-electron chi connectivity index (χ0n) is 2.16. The van der Waals surface area contributed by atoms with E-state index in [2.05, 4.69) is 24.8 Å². The molecule has 33 valence electrons. The van der Waals surface area contributed by atoms with E-state index in [4.69, 9.17) is 19.4 Å². The second-order valence-corrected chi connectivity index (χ2v) is 4.72. The van der Waals surface area contributed by atoms with E-state index in [1.807, 2.05) is 0 Å². The van der Waals surface area contributed by atoms with Gasteiger partial charge in [0.2, 0.25) is 0 Å². The molecule has 0 aliphatic carbocycles. The fourth-order valence-corrected chi connectivity index (χ4v) is 0. The summed E-state index contributed by atoms with van der Waals surface area (Å²) in [6.45, 7) is 0. The molecule has 0 spiro atoms. The molecule has 0 nitrogen and oxygen atoms in total. The normalized spacial score (nSPS) is 3.40. The topological polar surface area (TPSA) is 0 Å². The van der Waals surface area contributed by atoms with Gasteiger partial charge in [0.25, 0.3) is 0 Å². The Morgan fingerprint density at radius 2 is 1.20 bits per heavy atom. The Labute approximate surface area is 58.9 Å². The van der Waals surface area contributed by atoms with Crippen LogP contribution in [-0.4, -0.2) is 0 Å². The molecule has 0 aliphatic rings. The van der Waals surface area contributed by atoms with Crippen molar-refractivity contribution in [1.29, 1.82) is 0 Å². The third kappa shape index (κ3) is 24.1. The summed E-state index contributed by atoms with van der Waals surface area (Å²) in [5, 5.41) is 0. The van der Waals surface area contributed by atoms with E-state index < -0.39 is 15.1 Å². The molecule has 0 fully saturated rings. The number of rotatable bonds is 0. The third-order valence-electron chi connectivity index (χ3n) is 0. The number of hydrogen-bond donors (Lipinski definition) is 0. The van der Waals surface area contributed by atoms with E-state index in [9.17, 15) is 0 Å². The minimum absolute atomic E-state index is 0.931. The van der Waals surface area contributed by atoms with Crippen molar-refractivity contribution in [1.82, 2.24) is 0 Å². The van der Waals surface area contributed by atoms with Crippen LogP contribution < -0.4 is 0 Å². The van der Waals surface area contributed by atoms with Crippen LogP contribution in [0.15, 0.2) is 0 Å². The maximum atomic E-state index is 4.95. The summed E-state index contributed by atoms with van der Waals surface area (Å²) in [5.41, 5.74) is 0. The van der Waals surface area contributed by atoms with Crippen molar-refractivity contribution in [3.05, 3.63) is 0 Å². The first-order chi connectivity index (χ1) is 2.41. The second-order valence-electron chi connectivity index (χ2n) is 0.101. The number of halogens is 3. The van der Waals surface area contributed by atoms with Gasteiger partial charge in [-0.15, -0.1) is 0 Å². The van der Waals surface area contributed by atoms with Crippen molar-refractivity contribution in [2.24, 2.45) is 0 Å². The average molecular weight is 230 g/mol. The number of hydrogen-bond acceptors (Lipinski definition) is 0. The van der Waals surface area contributed by atoms with Gasteiger partial charge in [-0.3, -0.25) is 0 Å². The zero-order valence-corrected chi connectivity index (χ0v) is 8.38. The summed E-state index contributed by atoms with van der Waals surface area (Å²) in [4.78, 5) is 0. The summed E-state index contributed by atoms with van der Waals surface area (Å²) in [6, 6.07) is 0. The Bertz CT molecular complexity index is 6.85. The van der Waals surface area contributed by atoms with Gasteiger partial charge in [-0.2, -0.15) is 0 Å². The Hall–Kier alpha value is 1.99. The molecule has 0 atom stereocenters. The molecule has 0 saturated heterocycles. The molecule has 0 bridgehead atoms. The van der Waals surface area contributed by atoms with Crippen molar-refractivity contribution in [2.75, 3.05) is 0 Å². The molecule has 0 radical (unpaired) electrons. The van der Waals surface area contributed by atoms with Gasteiger partial charge in [-0.05, 0) is 0 Å². The molecule has 0 N–H and O–H groups in total. The molecule has 0 amide bonds. The minimum atomic E-state index is -0.931. The van der Waals surface area contributed by atoms with Gasteiger partial charge in [-0.1, -0.05) is 0 Å². The van der Waals surface area contributed by atoms with Gasteiger partial charge < -0.3 is 0 Å². The first-order valence-electron chi connectivity index (χ1n) is 0.654. The predicted molar refractivity (Wildman–Crippen MR) is 17.6 cm³/mol. The molecule has 0 aromatic rings. The monoisotopic (exact) mass is 227 g/mol. The molecule has 0 aromatic carbocycles. The maximum absolute atomic E-state index is 4.95. The van der Waals surface area contributed by atoms with E-state index in [1.54, 1.807) is 0 Å². The molecule has 0 rings (SSSR count). The van der Waals surface area contributed by atoms with Gasteiger partial charge >= 0.3 is 59.3 Å². The Balaban J connectivity index is 0. The predicted octanol–water partition coefficient (Wildman–Crippen LogP) is 2.06. The first kappa shape index (κ1) is 10.1.